The number of nitrogens with one attached hydrogen (secondary N) is 1. The van der Waals surface area contributed by atoms with Crippen LogP contribution in [0, 0.1) is 11.8 Å². The zero-order chi connectivity index (χ0) is 14.8. The fraction of sp³-hybridized carbons (Fsp3) is 0.647. The third-order valence-electron chi connectivity index (χ3n) is 5.06. The van der Waals surface area contributed by atoms with Gasteiger partial charge in [-0.25, -0.2) is 0 Å². The van der Waals surface area contributed by atoms with Crippen molar-refractivity contribution in [1.29, 1.82) is 0 Å². The third kappa shape index (κ3) is 3.16. The number of aliphatic hydroxyl groups excluding tert-OH is 1. The number of ether oxygens (including phenoxy) is 2. The maximum absolute atomic E-state index is 10.4. The first-order chi connectivity index (χ1) is 10.1. The first kappa shape index (κ1) is 14.7. The molecule has 0 aromatic heterocycles. The number of fused-ring (bicyclic) bond motifs is 1. The fourth-order valence-corrected chi connectivity index (χ4v) is 3.37. The van der Waals surface area contributed by atoms with Gasteiger partial charge in [-0.3, -0.25) is 0 Å². The summed E-state index contributed by atoms with van der Waals surface area (Å²) in [5, 5.41) is 13.9. The standard InChI is InChI=1S/C17H25NO3/c1-11-4-3-5-14(12(11)2)18-9-15(19)13-6-7-16-17(8-13)21-10-20-16/h6-8,11-12,14-15,18-19H,3-5,9-10H2,1-2H3. The summed E-state index contributed by atoms with van der Waals surface area (Å²) in [5.41, 5.74) is 0.878. The maximum Gasteiger partial charge on any atom is 0.231 e. The van der Waals surface area contributed by atoms with Crippen molar-refractivity contribution in [2.75, 3.05) is 13.3 Å². The first-order valence-corrected chi connectivity index (χ1v) is 7.96. The van der Waals surface area contributed by atoms with E-state index in [0.29, 0.717) is 18.5 Å². The van der Waals surface area contributed by atoms with Gasteiger partial charge in [-0.15, -0.1) is 0 Å². The van der Waals surface area contributed by atoms with Crippen LogP contribution in [0.1, 0.15) is 44.8 Å². The molecule has 21 heavy (non-hydrogen) atoms. The van der Waals surface area contributed by atoms with E-state index in [9.17, 15) is 5.11 Å². The van der Waals surface area contributed by atoms with E-state index in [1.807, 2.05) is 18.2 Å². The van der Waals surface area contributed by atoms with Gasteiger partial charge in [0.05, 0.1) is 6.10 Å². The van der Waals surface area contributed by atoms with Crippen LogP contribution >= 0.6 is 0 Å². The Morgan fingerprint density at radius 2 is 2.05 bits per heavy atom. The Hall–Kier alpha value is -1.26. The number of hydrogen-bond acceptors (Lipinski definition) is 4. The van der Waals surface area contributed by atoms with Crippen LogP contribution in [0.5, 0.6) is 11.5 Å². The molecule has 4 nitrogen and oxygen atoms in total. The summed E-state index contributed by atoms with van der Waals surface area (Å²) in [4.78, 5) is 0. The summed E-state index contributed by atoms with van der Waals surface area (Å²) in [6.07, 6.45) is 3.30. The highest BCUT2D eigenvalue weighted by atomic mass is 16.7. The van der Waals surface area contributed by atoms with Crippen LogP contribution in [-0.4, -0.2) is 24.5 Å². The minimum atomic E-state index is -0.510. The molecule has 0 spiro atoms. The van der Waals surface area contributed by atoms with Gasteiger partial charge in [0.1, 0.15) is 0 Å². The van der Waals surface area contributed by atoms with E-state index in [4.69, 9.17) is 9.47 Å². The molecular weight excluding hydrogens is 266 g/mol. The monoisotopic (exact) mass is 291 g/mol. The number of rotatable bonds is 4. The lowest BCUT2D eigenvalue weighted by atomic mass is 9.78. The van der Waals surface area contributed by atoms with Crippen molar-refractivity contribution in [1.82, 2.24) is 5.32 Å². The molecule has 4 atom stereocenters. The highest BCUT2D eigenvalue weighted by molar-refractivity contribution is 5.45. The molecule has 0 bridgehead atoms. The van der Waals surface area contributed by atoms with E-state index in [1.54, 1.807) is 0 Å². The van der Waals surface area contributed by atoms with Gasteiger partial charge < -0.3 is 19.9 Å². The van der Waals surface area contributed by atoms with Crippen LogP contribution in [0.25, 0.3) is 0 Å². The number of hydrogen-bond donors (Lipinski definition) is 2. The van der Waals surface area contributed by atoms with Crippen molar-refractivity contribution in [3.05, 3.63) is 23.8 Å². The van der Waals surface area contributed by atoms with Crippen molar-refractivity contribution >= 4 is 0 Å². The van der Waals surface area contributed by atoms with Gasteiger partial charge in [-0.05, 0) is 36.0 Å². The Labute approximate surface area is 126 Å². The lowest BCUT2D eigenvalue weighted by molar-refractivity contribution is 0.144. The molecule has 1 aromatic carbocycles. The lowest BCUT2D eigenvalue weighted by Crippen LogP contribution is -2.42. The molecular formula is C17H25NO3. The highest BCUT2D eigenvalue weighted by Gasteiger charge is 2.27. The molecule has 4 heteroatoms. The van der Waals surface area contributed by atoms with Crippen molar-refractivity contribution in [3.8, 4) is 11.5 Å². The van der Waals surface area contributed by atoms with Crippen LogP contribution in [0.3, 0.4) is 0 Å². The van der Waals surface area contributed by atoms with Crippen molar-refractivity contribution in [2.45, 2.75) is 45.3 Å². The molecule has 1 fully saturated rings. The van der Waals surface area contributed by atoms with Gasteiger partial charge >= 0.3 is 0 Å². The van der Waals surface area contributed by atoms with Gasteiger partial charge in [-0.1, -0.05) is 32.8 Å². The molecule has 1 aliphatic heterocycles. The second kappa shape index (κ2) is 6.24. The van der Waals surface area contributed by atoms with Crippen LogP contribution in [-0.2, 0) is 0 Å². The lowest BCUT2D eigenvalue weighted by Gasteiger charge is -2.35. The second-order valence-corrected chi connectivity index (χ2v) is 6.41. The number of aliphatic hydroxyl groups is 1. The zero-order valence-corrected chi connectivity index (χ0v) is 12.8. The molecule has 0 saturated heterocycles. The highest BCUT2D eigenvalue weighted by Crippen LogP contribution is 2.34. The molecule has 0 radical (unpaired) electrons. The molecule has 1 aromatic rings. The smallest absolute Gasteiger partial charge is 0.231 e. The minimum absolute atomic E-state index is 0.268. The Morgan fingerprint density at radius 1 is 1.24 bits per heavy atom. The maximum atomic E-state index is 10.4. The van der Waals surface area contributed by atoms with Gasteiger partial charge in [-0.2, -0.15) is 0 Å². The molecule has 1 aliphatic carbocycles. The molecule has 2 N–H and O–H groups in total. The quantitative estimate of drug-likeness (QED) is 0.895. The SMILES string of the molecule is CC1CCCC(NCC(O)c2ccc3c(c2)OCO3)C1C. The second-order valence-electron chi connectivity index (χ2n) is 6.41. The van der Waals surface area contributed by atoms with Crippen molar-refractivity contribution in [2.24, 2.45) is 11.8 Å². The number of benzene rings is 1. The molecule has 116 valence electrons. The van der Waals surface area contributed by atoms with Crippen LogP contribution in [0.2, 0.25) is 0 Å². The van der Waals surface area contributed by atoms with Gasteiger partial charge in [0, 0.05) is 12.6 Å². The van der Waals surface area contributed by atoms with E-state index in [-0.39, 0.29) is 6.79 Å². The summed E-state index contributed by atoms with van der Waals surface area (Å²) >= 11 is 0. The van der Waals surface area contributed by atoms with E-state index in [1.165, 1.54) is 19.3 Å². The molecule has 0 amide bonds. The predicted octanol–water partition coefficient (Wildman–Crippen LogP) is 2.86. The van der Waals surface area contributed by atoms with Crippen LogP contribution < -0.4 is 14.8 Å². The van der Waals surface area contributed by atoms with E-state index in [2.05, 4.69) is 19.2 Å². The summed E-state index contributed by atoms with van der Waals surface area (Å²) in [5.74, 6) is 2.92. The molecule has 1 heterocycles. The molecule has 3 rings (SSSR count). The Morgan fingerprint density at radius 3 is 2.90 bits per heavy atom. The van der Waals surface area contributed by atoms with Crippen molar-refractivity contribution < 1.29 is 14.6 Å². The Kier molecular flexibility index (Phi) is 4.36. The third-order valence-corrected chi connectivity index (χ3v) is 5.06. The summed E-state index contributed by atoms with van der Waals surface area (Å²) in [6, 6.07) is 6.16. The van der Waals surface area contributed by atoms with Crippen LogP contribution in [0.4, 0.5) is 0 Å². The largest absolute Gasteiger partial charge is 0.454 e. The molecule has 2 aliphatic rings. The van der Waals surface area contributed by atoms with Gasteiger partial charge in [0.2, 0.25) is 6.79 Å². The van der Waals surface area contributed by atoms with Gasteiger partial charge in [0.15, 0.2) is 11.5 Å². The Balaban J connectivity index is 1.57. The van der Waals surface area contributed by atoms with E-state index >= 15 is 0 Å². The normalized spacial score (nSPS) is 29.4. The zero-order valence-electron chi connectivity index (χ0n) is 12.8. The average Bonchev–Trinajstić information content (AvgIpc) is 2.96. The van der Waals surface area contributed by atoms with E-state index < -0.39 is 6.10 Å². The Bertz CT molecular complexity index is 491. The van der Waals surface area contributed by atoms with Gasteiger partial charge in [0.25, 0.3) is 0 Å². The summed E-state index contributed by atoms with van der Waals surface area (Å²) in [7, 11) is 0. The predicted molar refractivity (Wildman–Crippen MR) is 81.5 cm³/mol. The summed E-state index contributed by atoms with van der Waals surface area (Å²) < 4.78 is 10.7. The topological polar surface area (TPSA) is 50.7 Å². The van der Waals surface area contributed by atoms with Crippen LogP contribution in [0.15, 0.2) is 18.2 Å². The van der Waals surface area contributed by atoms with E-state index in [0.717, 1.165) is 23.0 Å². The summed E-state index contributed by atoms with van der Waals surface area (Å²) in [6.45, 7) is 5.49. The molecule has 4 unspecified atom stereocenters. The van der Waals surface area contributed by atoms with Crippen molar-refractivity contribution in [3.63, 3.8) is 0 Å². The fourth-order valence-electron chi connectivity index (χ4n) is 3.37. The molecule has 1 saturated carbocycles. The average molecular weight is 291 g/mol. The first-order valence-electron chi connectivity index (χ1n) is 7.96. The minimum Gasteiger partial charge on any atom is -0.454 e.